The van der Waals surface area contributed by atoms with Crippen LogP contribution in [0.15, 0.2) is 11.0 Å². The van der Waals surface area contributed by atoms with Crippen molar-refractivity contribution < 1.29 is 0 Å². The summed E-state index contributed by atoms with van der Waals surface area (Å²) in [7, 11) is 0. The van der Waals surface area contributed by atoms with E-state index in [0.717, 1.165) is 5.69 Å². The van der Waals surface area contributed by atoms with Gasteiger partial charge in [-0.15, -0.1) is 11.3 Å². The highest BCUT2D eigenvalue weighted by atomic mass is 32.1. The summed E-state index contributed by atoms with van der Waals surface area (Å²) in [6.07, 6.45) is 2.16. The molecule has 1 aromatic heterocycles. The predicted octanol–water partition coefficient (Wildman–Crippen LogP) is 3.06. The standard InChI is InChI=1S/C9H13NS/c1-6(2)4-9-7(3)8(10)5-11-9/h4-5H,10H2,1-3H3. The van der Waals surface area contributed by atoms with Crippen molar-refractivity contribution in [2.75, 3.05) is 5.73 Å². The maximum Gasteiger partial charge on any atom is 0.0458 e. The van der Waals surface area contributed by atoms with Crippen LogP contribution in [-0.2, 0) is 0 Å². The minimum Gasteiger partial charge on any atom is -0.398 e. The molecular weight excluding hydrogens is 154 g/mol. The molecule has 0 bridgehead atoms. The first-order chi connectivity index (χ1) is 5.11. The summed E-state index contributed by atoms with van der Waals surface area (Å²) >= 11 is 1.70. The van der Waals surface area contributed by atoms with Crippen LogP contribution in [0.2, 0.25) is 0 Å². The maximum atomic E-state index is 5.70. The van der Waals surface area contributed by atoms with Crippen molar-refractivity contribution in [3.63, 3.8) is 0 Å². The molecule has 0 atom stereocenters. The van der Waals surface area contributed by atoms with E-state index in [-0.39, 0.29) is 0 Å². The van der Waals surface area contributed by atoms with Gasteiger partial charge in [0.05, 0.1) is 0 Å². The van der Waals surface area contributed by atoms with E-state index >= 15 is 0 Å². The zero-order valence-corrected chi connectivity index (χ0v) is 7.96. The Balaban J connectivity index is 3.06. The third-order valence-electron chi connectivity index (χ3n) is 1.54. The van der Waals surface area contributed by atoms with Crippen LogP contribution in [-0.4, -0.2) is 0 Å². The summed E-state index contributed by atoms with van der Waals surface area (Å²) in [4.78, 5) is 1.28. The number of hydrogen-bond acceptors (Lipinski definition) is 2. The highest BCUT2D eigenvalue weighted by molar-refractivity contribution is 7.11. The molecule has 1 heterocycles. The molecule has 1 rings (SSSR count). The van der Waals surface area contributed by atoms with Crippen molar-refractivity contribution in [1.82, 2.24) is 0 Å². The summed E-state index contributed by atoms with van der Waals surface area (Å²) in [5, 5.41) is 1.99. The van der Waals surface area contributed by atoms with Crippen LogP contribution in [0.25, 0.3) is 6.08 Å². The number of rotatable bonds is 1. The summed E-state index contributed by atoms with van der Waals surface area (Å²) in [5.41, 5.74) is 9.12. The van der Waals surface area contributed by atoms with Gasteiger partial charge in [-0.2, -0.15) is 0 Å². The van der Waals surface area contributed by atoms with Crippen LogP contribution in [0.3, 0.4) is 0 Å². The Morgan fingerprint density at radius 1 is 1.55 bits per heavy atom. The number of thiophene rings is 1. The summed E-state index contributed by atoms with van der Waals surface area (Å²) in [6, 6.07) is 0. The van der Waals surface area contributed by atoms with Crippen LogP contribution in [0.1, 0.15) is 24.3 Å². The lowest BCUT2D eigenvalue weighted by atomic mass is 10.2. The lowest BCUT2D eigenvalue weighted by molar-refractivity contribution is 1.42. The molecular formula is C9H13NS. The molecule has 0 aromatic carbocycles. The van der Waals surface area contributed by atoms with Crippen molar-refractivity contribution in [3.05, 3.63) is 21.4 Å². The molecule has 2 heteroatoms. The van der Waals surface area contributed by atoms with Gasteiger partial charge >= 0.3 is 0 Å². The fourth-order valence-corrected chi connectivity index (χ4v) is 1.88. The Hall–Kier alpha value is -0.760. The van der Waals surface area contributed by atoms with E-state index in [2.05, 4.69) is 26.8 Å². The van der Waals surface area contributed by atoms with Crippen LogP contribution >= 0.6 is 11.3 Å². The first-order valence-corrected chi connectivity index (χ1v) is 4.47. The second-order valence-electron chi connectivity index (χ2n) is 2.90. The van der Waals surface area contributed by atoms with Gasteiger partial charge in [0, 0.05) is 15.9 Å². The maximum absolute atomic E-state index is 5.70. The van der Waals surface area contributed by atoms with Crippen LogP contribution < -0.4 is 5.73 Å². The largest absolute Gasteiger partial charge is 0.398 e. The van der Waals surface area contributed by atoms with E-state index in [0.29, 0.717) is 0 Å². The number of hydrogen-bond donors (Lipinski definition) is 1. The molecule has 1 nitrogen and oxygen atoms in total. The topological polar surface area (TPSA) is 26.0 Å². The zero-order chi connectivity index (χ0) is 8.43. The van der Waals surface area contributed by atoms with E-state index in [1.807, 2.05) is 5.38 Å². The molecule has 2 N–H and O–H groups in total. The van der Waals surface area contributed by atoms with E-state index in [4.69, 9.17) is 5.73 Å². The Labute approximate surface area is 71.5 Å². The highest BCUT2D eigenvalue weighted by Crippen LogP contribution is 2.25. The first-order valence-electron chi connectivity index (χ1n) is 3.59. The molecule has 11 heavy (non-hydrogen) atoms. The third-order valence-corrected chi connectivity index (χ3v) is 2.58. The van der Waals surface area contributed by atoms with E-state index in [1.54, 1.807) is 11.3 Å². The van der Waals surface area contributed by atoms with Gasteiger partial charge in [0.25, 0.3) is 0 Å². The van der Waals surface area contributed by atoms with Crippen LogP contribution in [0, 0.1) is 6.92 Å². The van der Waals surface area contributed by atoms with Crippen LogP contribution in [0.5, 0.6) is 0 Å². The van der Waals surface area contributed by atoms with Crippen molar-refractivity contribution in [2.24, 2.45) is 0 Å². The number of anilines is 1. The van der Waals surface area contributed by atoms with Gasteiger partial charge in [-0.3, -0.25) is 0 Å². The molecule has 0 fully saturated rings. The molecule has 0 radical (unpaired) electrons. The molecule has 0 aliphatic rings. The van der Waals surface area contributed by atoms with Crippen molar-refractivity contribution in [1.29, 1.82) is 0 Å². The van der Waals surface area contributed by atoms with Gasteiger partial charge in [0.1, 0.15) is 0 Å². The average molecular weight is 167 g/mol. The van der Waals surface area contributed by atoms with Gasteiger partial charge in [-0.25, -0.2) is 0 Å². The fourth-order valence-electron chi connectivity index (χ4n) is 0.850. The van der Waals surface area contributed by atoms with Gasteiger partial charge in [-0.1, -0.05) is 5.57 Å². The molecule has 0 unspecified atom stereocenters. The molecule has 0 aliphatic carbocycles. The number of nitrogens with two attached hydrogens (primary N) is 1. The number of allylic oxidation sites excluding steroid dienone is 1. The summed E-state index contributed by atoms with van der Waals surface area (Å²) < 4.78 is 0. The molecule has 0 aliphatic heterocycles. The van der Waals surface area contributed by atoms with Crippen molar-refractivity contribution in [3.8, 4) is 0 Å². The molecule has 0 saturated heterocycles. The SMILES string of the molecule is CC(C)=Cc1scc(N)c1C. The minimum absolute atomic E-state index is 0.905. The quantitative estimate of drug-likeness (QED) is 0.683. The molecule has 0 saturated carbocycles. The van der Waals surface area contributed by atoms with Gasteiger partial charge < -0.3 is 5.73 Å². The van der Waals surface area contributed by atoms with Gasteiger partial charge in [-0.05, 0) is 32.4 Å². The second-order valence-corrected chi connectivity index (χ2v) is 3.81. The zero-order valence-electron chi connectivity index (χ0n) is 7.14. The monoisotopic (exact) mass is 167 g/mol. The van der Waals surface area contributed by atoms with Gasteiger partial charge in [0.15, 0.2) is 0 Å². The van der Waals surface area contributed by atoms with Crippen molar-refractivity contribution >= 4 is 23.1 Å². The van der Waals surface area contributed by atoms with Gasteiger partial charge in [0.2, 0.25) is 0 Å². The Kier molecular flexibility index (Phi) is 2.35. The third kappa shape index (κ3) is 1.84. The van der Waals surface area contributed by atoms with Crippen molar-refractivity contribution in [2.45, 2.75) is 20.8 Å². The second kappa shape index (κ2) is 3.09. The highest BCUT2D eigenvalue weighted by Gasteiger charge is 2.00. The Morgan fingerprint density at radius 2 is 2.18 bits per heavy atom. The normalized spacial score (nSPS) is 9.73. The van der Waals surface area contributed by atoms with E-state index in [1.165, 1.54) is 16.0 Å². The smallest absolute Gasteiger partial charge is 0.0458 e. The minimum atomic E-state index is 0.905. The average Bonchev–Trinajstić information content (AvgIpc) is 2.18. The van der Waals surface area contributed by atoms with E-state index < -0.39 is 0 Å². The first kappa shape index (κ1) is 8.34. The summed E-state index contributed by atoms with van der Waals surface area (Å²) in [6.45, 7) is 6.24. The molecule has 1 aromatic rings. The van der Waals surface area contributed by atoms with E-state index in [9.17, 15) is 0 Å². The number of nitrogen functional groups attached to an aromatic ring is 1. The Morgan fingerprint density at radius 3 is 2.55 bits per heavy atom. The fraction of sp³-hybridized carbons (Fsp3) is 0.333. The molecule has 0 amide bonds. The Bertz CT molecular complexity index is 280. The van der Waals surface area contributed by atoms with Crippen LogP contribution in [0.4, 0.5) is 5.69 Å². The molecule has 0 spiro atoms. The predicted molar refractivity (Wildman–Crippen MR) is 52.8 cm³/mol. The lowest BCUT2D eigenvalue weighted by Crippen LogP contribution is -1.83. The molecule has 60 valence electrons. The summed E-state index contributed by atoms with van der Waals surface area (Å²) in [5.74, 6) is 0. The lowest BCUT2D eigenvalue weighted by Gasteiger charge is -1.92.